The SMILES string of the molecule is Cc1cc(C(F)(F)F)nc(N(C(N)=O)c2cccc(Cl)c2Cl)n1. The number of halogens is 5. The number of urea groups is 1. The number of nitrogens with two attached hydrogens (primary N) is 1. The molecule has 5 nitrogen and oxygen atoms in total. The Hall–Kier alpha value is -2.06. The number of aromatic nitrogens is 2. The van der Waals surface area contributed by atoms with Gasteiger partial charge in [-0.3, -0.25) is 0 Å². The van der Waals surface area contributed by atoms with Crippen molar-refractivity contribution >= 4 is 40.9 Å². The quantitative estimate of drug-likeness (QED) is 0.861. The van der Waals surface area contributed by atoms with Gasteiger partial charge in [0.15, 0.2) is 0 Å². The van der Waals surface area contributed by atoms with E-state index in [4.69, 9.17) is 28.9 Å². The van der Waals surface area contributed by atoms with E-state index in [0.29, 0.717) is 4.90 Å². The maximum Gasteiger partial charge on any atom is 0.433 e. The molecule has 0 radical (unpaired) electrons. The molecule has 10 heteroatoms. The van der Waals surface area contributed by atoms with Crippen molar-refractivity contribution in [3.05, 3.63) is 45.7 Å². The third kappa shape index (κ3) is 3.65. The summed E-state index contributed by atoms with van der Waals surface area (Å²) in [5.41, 5.74) is 4.03. The highest BCUT2D eigenvalue weighted by atomic mass is 35.5. The Labute approximate surface area is 138 Å². The first kappa shape index (κ1) is 17.3. The summed E-state index contributed by atoms with van der Waals surface area (Å²) in [6.45, 7) is 1.33. The molecule has 2 rings (SSSR count). The smallest absolute Gasteiger partial charge is 0.351 e. The van der Waals surface area contributed by atoms with Crippen LogP contribution in [0.1, 0.15) is 11.4 Å². The normalized spacial score (nSPS) is 11.4. The molecule has 1 heterocycles. The molecule has 0 unspecified atom stereocenters. The first-order valence-corrected chi connectivity index (χ1v) is 6.83. The zero-order valence-corrected chi connectivity index (χ0v) is 13.0. The van der Waals surface area contributed by atoms with Crippen LogP contribution < -0.4 is 10.6 Å². The third-order valence-electron chi connectivity index (χ3n) is 2.73. The van der Waals surface area contributed by atoms with E-state index in [0.717, 1.165) is 6.07 Å². The molecule has 122 valence electrons. The lowest BCUT2D eigenvalue weighted by Crippen LogP contribution is -2.33. The molecule has 0 aliphatic carbocycles. The van der Waals surface area contributed by atoms with Gasteiger partial charge in [0, 0.05) is 5.69 Å². The third-order valence-corrected chi connectivity index (χ3v) is 3.53. The Bertz CT molecular complexity index is 767. The van der Waals surface area contributed by atoms with E-state index in [-0.39, 0.29) is 21.4 Å². The number of aryl methyl sites for hydroxylation is 1. The number of amides is 2. The number of primary amides is 1. The fourth-order valence-electron chi connectivity index (χ4n) is 1.79. The minimum absolute atomic E-state index is 0.00623. The van der Waals surface area contributed by atoms with Gasteiger partial charge in [0.1, 0.15) is 5.69 Å². The van der Waals surface area contributed by atoms with E-state index >= 15 is 0 Å². The summed E-state index contributed by atoms with van der Waals surface area (Å²) in [7, 11) is 0. The predicted molar refractivity (Wildman–Crippen MR) is 80.0 cm³/mol. The number of hydrogen-bond donors (Lipinski definition) is 1. The first-order valence-electron chi connectivity index (χ1n) is 6.07. The Morgan fingerprint density at radius 3 is 2.48 bits per heavy atom. The highest BCUT2D eigenvalue weighted by molar-refractivity contribution is 6.44. The molecule has 2 aromatic rings. The van der Waals surface area contributed by atoms with Crippen LogP contribution in [0.15, 0.2) is 24.3 Å². The molecule has 0 saturated carbocycles. The van der Waals surface area contributed by atoms with Gasteiger partial charge >= 0.3 is 12.2 Å². The maximum absolute atomic E-state index is 12.9. The fourth-order valence-corrected chi connectivity index (χ4v) is 2.17. The van der Waals surface area contributed by atoms with Crippen molar-refractivity contribution < 1.29 is 18.0 Å². The second-order valence-corrected chi connectivity index (χ2v) is 5.22. The number of anilines is 2. The number of carbonyl (C=O) groups excluding carboxylic acids is 1. The first-order chi connectivity index (χ1) is 10.6. The van der Waals surface area contributed by atoms with Crippen LogP contribution in [0.5, 0.6) is 0 Å². The predicted octanol–water partition coefficient (Wildman–Crippen LogP) is 4.33. The minimum Gasteiger partial charge on any atom is -0.351 e. The number of alkyl halides is 3. The van der Waals surface area contributed by atoms with E-state index < -0.39 is 23.8 Å². The molecule has 23 heavy (non-hydrogen) atoms. The van der Waals surface area contributed by atoms with E-state index in [1.165, 1.54) is 25.1 Å². The molecule has 0 fully saturated rings. The van der Waals surface area contributed by atoms with Crippen LogP contribution in [0.3, 0.4) is 0 Å². The van der Waals surface area contributed by atoms with Crippen molar-refractivity contribution in [2.45, 2.75) is 13.1 Å². The van der Waals surface area contributed by atoms with Gasteiger partial charge in [-0.2, -0.15) is 13.2 Å². The molecule has 0 aliphatic rings. The molecule has 0 bridgehead atoms. The maximum atomic E-state index is 12.9. The molecule has 0 atom stereocenters. The van der Waals surface area contributed by atoms with Crippen LogP contribution in [-0.4, -0.2) is 16.0 Å². The van der Waals surface area contributed by atoms with E-state index in [9.17, 15) is 18.0 Å². The van der Waals surface area contributed by atoms with Gasteiger partial charge in [0.2, 0.25) is 5.95 Å². The average molecular weight is 365 g/mol. The van der Waals surface area contributed by atoms with Crippen LogP contribution in [0.4, 0.5) is 29.6 Å². The number of hydrogen-bond acceptors (Lipinski definition) is 3. The minimum atomic E-state index is -4.70. The highest BCUT2D eigenvalue weighted by Gasteiger charge is 2.34. The lowest BCUT2D eigenvalue weighted by molar-refractivity contribution is -0.141. The number of carbonyl (C=O) groups is 1. The lowest BCUT2D eigenvalue weighted by Gasteiger charge is -2.21. The summed E-state index contributed by atoms with van der Waals surface area (Å²) in [4.78, 5) is 19.6. The Balaban J connectivity index is 2.66. The van der Waals surface area contributed by atoms with Crippen molar-refractivity contribution in [1.82, 2.24) is 9.97 Å². The molecular weight excluding hydrogens is 356 g/mol. The van der Waals surface area contributed by atoms with Crippen LogP contribution >= 0.6 is 23.2 Å². The van der Waals surface area contributed by atoms with Gasteiger partial charge in [-0.05, 0) is 25.1 Å². The summed E-state index contributed by atoms with van der Waals surface area (Å²) in [6, 6.07) is 3.91. The molecule has 0 spiro atoms. The monoisotopic (exact) mass is 364 g/mol. The summed E-state index contributed by atoms with van der Waals surface area (Å²) >= 11 is 11.8. The van der Waals surface area contributed by atoms with E-state index in [2.05, 4.69) is 9.97 Å². The van der Waals surface area contributed by atoms with Gasteiger partial charge in [0.25, 0.3) is 0 Å². The number of nitrogens with zero attached hydrogens (tertiary/aromatic N) is 3. The molecule has 1 aromatic carbocycles. The van der Waals surface area contributed by atoms with Crippen LogP contribution in [0, 0.1) is 6.92 Å². The average Bonchev–Trinajstić information content (AvgIpc) is 2.42. The fraction of sp³-hybridized carbons (Fsp3) is 0.154. The lowest BCUT2D eigenvalue weighted by atomic mass is 10.3. The summed E-state index contributed by atoms with van der Waals surface area (Å²) < 4.78 is 38.7. The molecule has 2 N–H and O–H groups in total. The summed E-state index contributed by atoms with van der Waals surface area (Å²) in [5.74, 6) is -0.547. The van der Waals surface area contributed by atoms with Gasteiger partial charge in [-0.15, -0.1) is 0 Å². The zero-order valence-electron chi connectivity index (χ0n) is 11.5. The van der Waals surface area contributed by atoms with Crippen LogP contribution in [-0.2, 0) is 6.18 Å². The second kappa shape index (κ2) is 6.21. The van der Waals surface area contributed by atoms with E-state index in [1.54, 1.807) is 0 Å². The van der Waals surface area contributed by atoms with Crippen molar-refractivity contribution in [2.24, 2.45) is 5.73 Å². The molecule has 0 aliphatic heterocycles. The Morgan fingerprint density at radius 2 is 1.91 bits per heavy atom. The van der Waals surface area contributed by atoms with Gasteiger partial charge in [-0.1, -0.05) is 29.3 Å². The van der Waals surface area contributed by atoms with Crippen LogP contribution in [0.25, 0.3) is 0 Å². The standard InChI is InChI=1S/C13H9Cl2F3N4O/c1-6-5-9(13(16,17)18)21-12(20-6)22(11(19)23)8-4-2-3-7(14)10(8)15/h2-5H,1H3,(H2,19,23). The number of rotatable bonds is 2. The van der Waals surface area contributed by atoms with Gasteiger partial charge < -0.3 is 5.73 Å². The molecule has 2 amide bonds. The zero-order chi connectivity index (χ0) is 17.4. The van der Waals surface area contributed by atoms with Crippen molar-refractivity contribution in [1.29, 1.82) is 0 Å². The van der Waals surface area contributed by atoms with Crippen molar-refractivity contribution in [3.8, 4) is 0 Å². The van der Waals surface area contributed by atoms with Crippen LogP contribution in [0.2, 0.25) is 10.0 Å². The Morgan fingerprint density at radius 1 is 1.26 bits per heavy atom. The largest absolute Gasteiger partial charge is 0.433 e. The second-order valence-electron chi connectivity index (χ2n) is 4.44. The molecular formula is C13H9Cl2F3N4O. The van der Waals surface area contributed by atoms with Gasteiger partial charge in [0.05, 0.1) is 15.7 Å². The molecule has 1 aromatic heterocycles. The Kier molecular flexibility index (Phi) is 4.67. The van der Waals surface area contributed by atoms with Gasteiger partial charge in [-0.25, -0.2) is 19.7 Å². The topological polar surface area (TPSA) is 72.1 Å². The molecule has 0 saturated heterocycles. The van der Waals surface area contributed by atoms with Crippen molar-refractivity contribution in [2.75, 3.05) is 4.90 Å². The van der Waals surface area contributed by atoms with E-state index in [1.807, 2.05) is 0 Å². The van der Waals surface area contributed by atoms with Crippen molar-refractivity contribution in [3.63, 3.8) is 0 Å². The number of benzene rings is 1. The summed E-state index contributed by atoms with van der Waals surface area (Å²) in [5, 5.41) is 0.0331. The summed E-state index contributed by atoms with van der Waals surface area (Å²) in [6.07, 6.45) is -4.70. The highest BCUT2D eigenvalue weighted by Crippen LogP contribution is 2.36.